The molecule has 5 nitrogen and oxygen atoms in total. The molecule has 2 N–H and O–H groups in total. The van der Waals surface area contributed by atoms with Gasteiger partial charge in [0.25, 0.3) is 0 Å². The molecule has 2 rings (SSSR count). The molecule has 0 aromatic rings. The third-order valence-electron chi connectivity index (χ3n) is 5.29. The number of hydrogen-bond donors (Lipinski definition) is 3. The standard InChI is InChI=1S/C18H29F3N2O3S/c1-22-17(27)23-10-13-11-26-15(9-14(13)24)16(18(19,20)21)25-8-7-12-5-3-2-4-6-12/h10,12-16,24H,2-9,11H2,1H3,(H,22,27)/p+1/t13?,14-,15-,16+/m0/s1. The maximum absolute atomic E-state index is 13.5. The number of nitrogens with one attached hydrogen (secondary N) is 1. The third-order valence-corrected chi connectivity index (χ3v) is 5.63. The molecule has 0 spiro atoms. The molecule has 0 aromatic heterocycles. The smallest absolute Gasteiger partial charge is 0.392 e. The third kappa shape index (κ3) is 7.31. The minimum absolute atomic E-state index is 0.0430. The largest absolute Gasteiger partial charge is 0.417 e. The molecular weight excluding hydrogens is 381 g/mol. The Hall–Kier alpha value is -0.730. The zero-order chi connectivity index (χ0) is 19.9. The first-order valence-corrected chi connectivity index (χ1v) is 10.0. The van der Waals surface area contributed by atoms with Gasteiger partial charge in [-0.3, -0.25) is 5.32 Å². The highest BCUT2D eigenvalue weighted by Crippen LogP contribution is 2.33. The van der Waals surface area contributed by atoms with Crippen molar-refractivity contribution >= 4 is 24.0 Å². The summed E-state index contributed by atoms with van der Waals surface area (Å²) in [6.07, 6.45) is -1.15. The van der Waals surface area contributed by atoms with Crippen molar-refractivity contribution in [2.24, 2.45) is 11.8 Å². The van der Waals surface area contributed by atoms with Crippen LogP contribution >= 0.6 is 12.6 Å². The number of rotatable bonds is 6. The normalized spacial score (nSPS) is 28.3. The Morgan fingerprint density at radius 2 is 2.07 bits per heavy atom. The molecule has 0 radical (unpaired) electrons. The lowest BCUT2D eigenvalue weighted by Gasteiger charge is -2.36. The highest BCUT2D eigenvalue weighted by Gasteiger charge is 2.49. The van der Waals surface area contributed by atoms with Gasteiger partial charge < -0.3 is 14.6 Å². The van der Waals surface area contributed by atoms with Crippen LogP contribution in [-0.2, 0) is 9.47 Å². The fourth-order valence-electron chi connectivity index (χ4n) is 3.66. The summed E-state index contributed by atoms with van der Waals surface area (Å²) in [7, 11) is 1.64. The summed E-state index contributed by atoms with van der Waals surface area (Å²) in [6, 6.07) is 0. The topological polar surface area (TPSA) is 64.8 Å². The number of alkyl halides is 3. The number of thiol groups is 1. The van der Waals surface area contributed by atoms with E-state index in [2.05, 4.69) is 22.6 Å². The second-order valence-corrected chi connectivity index (χ2v) is 7.74. The molecule has 0 aromatic carbocycles. The molecule has 1 heterocycles. The first kappa shape index (κ1) is 22.6. The van der Waals surface area contributed by atoms with E-state index in [1.807, 2.05) is 0 Å². The minimum atomic E-state index is -4.53. The van der Waals surface area contributed by atoms with Gasteiger partial charge in [0.1, 0.15) is 0 Å². The van der Waals surface area contributed by atoms with Gasteiger partial charge in [-0.1, -0.05) is 32.1 Å². The Morgan fingerprint density at radius 1 is 1.37 bits per heavy atom. The van der Waals surface area contributed by atoms with Crippen molar-refractivity contribution in [3.63, 3.8) is 0 Å². The number of nitrogens with zero attached hydrogens (tertiary/aromatic N) is 1. The van der Waals surface area contributed by atoms with Crippen molar-refractivity contribution in [3.05, 3.63) is 0 Å². The monoisotopic (exact) mass is 411 g/mol. The van der Waals surface area contributed by atoms with Gasteiger partial charge in [0, 0.05) is 13.0 Å². The molecule has 156 valence electrons. The first-order chi connectivity index (χ1) is 12.8. The van der Waals surface area contributed by atoms with Crippen LogP contribution in [0.1, 0.15) is 44.9 Å². The Bertz CT molecular complexity index is 520. The van der Waals surface area contributed by atoms with Crippen LogP contribution in [-0.4, -0.2) is 61.2 Å². The van der Waals surface area contributed by atoms with Crippen molar-refractivity contribution in [2.75, 3.05) is 20.3 Å². The molecule has 1 aliphatic carbocycles. The minimum Gasteiger partial charge on any atom is -0.392 e. The number of aliphatic hydroxyl groups excluding tert-OH is 1. The highest BCUT2D eigenvalue weighted by atomic mass is 32.1. The van der Waals surface area contributed by atoms with E-state index in [4.69, 9.17) is 9.47 Å². The van der Waals surface area contributed by atoms with E-state index in [1.54, 1.807) is 7.05 Å². The second kappa shape index (κ2) is 10.7. The maximum atomic E-state index is 13.5. The number of halogens is 3. The highest BCUT2D eigenvalue weighted by molar-refractivity contribution is 7.96. The summed E-state index contributed by atoms with van der Waals surface area (Å²) in [5.41, 5.74) is 0. The molecule has 0 amide bonds. The van der Waals surface area contributed by atoms with Crippen LogP contribution in [0.3, 0.4) is 0 Å². The summed E-state index contributed by atoms with van der Waals surface area (Å²) in [5.74, 6) is -0.0298. The molecule has 9 heteroatoms. The van der Waals surface area contributed by atoms with Crippen LogP contribution in [0.25, 0.3) is 0 Å². The van der Waals surface area contributed by atoms with Crippen LogP contribution in [0.5, 0.6) is 0 Å². The van der Waals surface area contributed by atoms with Gasteiger partial charge in [-0.15, -0.1) is 0 Å². The molecule has 1 aliphatic heterocycles. The van der Waals surface area contributed by atoms with Gasteiger partial charge in [0.05, 0.1) is 31.8 Å². The summed E-state index contributed by atoms with van der Waals surface area (Å²) in [6.45, 7) is 0.0223. The van der Waals surface area contributed by atoms with Gasteiger partial charge in [0.15, 0.2) is 12.3 Å². The Morgan fingerprint density at radius 3 is 2.67 bits per heavy atom. The molecular formula is C18H30F3N2O3S+. The first-order valence-electron chi connectivity index (χ1n) is 9.57. The lowest BCUT2D eigenvalue weighted by molar-refractivity contribution is -0.264. The average Bonchev–Trinajstić information content (AvgIpc) is 2.63. The molecule has 1 unspecified atom stereocenters. The SMILES string of the molecule is CNC(S)=[N+]=CC1CO[C@H]([C@@H](OCCC2CCCCC2)C(F)(F)F)C[C@@H]1O. The summed E-state index contributed by atoms with van der Waals surface area (Å²) >= 11 is 4.05. The predicted molar refractivity (Wildman–Crippen MR) is 102 cm³/mol. The van der Waals surface area contributed by atoms with Crippen molar-refractivity contribution < 1.29 is 27.8 Å². The molecule has 0 bridgehead atoms. The van der Waals surface area contributed by atoms with Crippen LogP contribution in [0.4, 0.5) is 13.2 Å². The second-order valence-electron chi connectivity index (χ2n) is 7.32. The van der Waals surface area contributed by atoms with Crippen LogP contribution in [0, 0.1) is 11.8 Å². The van der Waals surface area contributed by atoms with Gasteiger partial charge in [-0.2, -0.15) is 13.2 Å². The Balaban J connectivity index is 1.90. The van der Waals surface area contributed by atoms with Crippen LogP contribution in [0.15, 0.2) is 0 Å². The van der Waals surface area contributed by atoms with E-state index >= 15 is 0 Å². The lowest BCUT2D eigenvalue weighted by Crippen LogP contribution is -2.50. The average molecular weight is 412 g/mol. The van der Waals surface area contributed by atoms with Crippen LogP contribution in [0.2, 0.25) is 0 Å². The molecule has 4 atom stereocenters. The van der Waals surface area contributed by atoms with Gasteiger partial charge in [-0.05, 0) is 25.0 Å². The number of ether oxygens (including phenoxy) is 2. The lowest BCUT2D eigenvalue weighted by atomic mass is 9.87. The fourth-order valence-corrected chi connectivity index (χ4v) is 3.73. The maximum Gasteiger partial charge on any atom is 0.417 e. The summed E-state index contributed by atoms with van der Waals surface area (Å²) in [4.78, 5) is 0. The van der Waals surface area contributed by atoms with Crippen molar-refractivity contribution in [1.29, 1.82) is 0 Å². The van der Waals surface area contributed by atoms with E-state index in [1.165, 1.54) is 12.6 Å². The number of aliphatic hydroxyl groups is 1. The molecule has 1 saturated carbocycles. The van der Waals surface area contributed by atoms with Gasteiger partial charge in [0.2, 0.25) is 0 Å². The Kier molecular flexibility index (Phi) is 8.95. The van der Waals surface area contributed by atoms with E-state index in [-0.39, 0.29) is 19.6 Å². The molecule has 27 heavy (non-hydrogen) atoms. The predicted octanol–water partition coefficient (Wildman–Crippen LogP) is 2.31. The molecule has 2 fully saturated rings. The zero-order valence-electron chi connectivity index (χ0n) is 15.6. The van der Waals surface area contributed by atoms with Crippen molar-refractivity contribution in [3.8, 4) is 0 Å². The molecule has 2 aliphatic rings. The van der Waals surface area contributed by atoms with Crippen LogP contribution < -0.4 is 9.98 Å². The van der Waals surface area contributed by atoms with E-state index in [0.29, 0.717) is 17.5 Å². The number of hydrogen-bond acceptors (Lipinski definition) is 3. The van der Waals surface area contributed by atoms with E-state index < -0.39 is 30.4 Å². The van der Waals surface area contributed by atoms with E-state index in [0.717, 1.165) is 25.7 Å². The fraction of sp³-hybridized carbons (Fsp3) is 0.889. The van der Waals surface area contributed by atoms with Gasteiger partial charge in [-0.25, -0.2) is 4.67 Å². The van der Waals surface area contributed by atoms with Crippen molar-refractivity contribution in [1.82, 2.24) is 9.98 Å². The molecule has 1 saturated heterocycles. The summed E-state index contributed by atoms with van der Waals surface area (Å²) < 4.78 is 55.0. The van der Waals surface area contributed by atoms with E-state index in [9.17, 15) is 18.3 Å². The van der Waals surface area contributed by atoms with Gasteiger partial charge >= 0.3 is 11.3 Å². The zero-order valence-corrected chi connectivity index (χ0v) is 16.5. The summed E-state index contributed by atoms with van der Waals surface area (Å²) in [5, 5.41) is 13.3. The Labute approximate surface area is 163 Å². The van der Waals surface area contributed by atoms with Crippen molar-refractivity contribution in [2.45, 2.75) is 69.4 Å². The number of amidine groups is 1. The quantitative estimate of drug-likeness (QED) is 0.272.